The van der Waals surface area contributed by atoms with Crippen LogP contribution in [0.3, 0.4) is 0 Å². The monoisotopic (exact) mass is 520 g/mol. The van der Waals surface area contributed by atoms with Crippen LogP contribution < -0.4 is 5.32 Å². The smallest absolute Gasteiger partial charge is 0.322 e. The molecule has 10 heteroatoms. The van der Waals surface area contributed by atoms with Crippen LogP contribution in [0, 0.1) is 5.82 Å². The first-order chi connectivity index (χ1) is 17.1. The van der Waals surface area contributed by atoms with Gasteiger partial charge in [-0.05, 0) is 48.5 Å². The molecule has 1 aliphatic heterocycles. The molecular weight excluding hydrogens is 496 g/mol. The third kappa shape index (κ3) is 5.79. The second-order valence-electron chi connectivity index (χ2n) is 8.88. The van der Waals surface area contributed by atoms with Gasteiger partial charge in [-0.1, -0.05) is 41.9 Å². The highest BCUT2D eigenvalue weighted by atomic mass is 35.5. The first-order valence-electron chi connectivity index (χ1n) is 11.4. The summed E-state index contributed by atoms with van der Waals surface area (Å²) in [5.74, 6) is -1.07. The Morgan fingerprint density at radius 3 is 2.28 bits per heavy atom. The number of hydrogen-bond acceptors (Lipinski definition) is 3. The second-order valence-corrected chi connectivity index (χ2v) is 9.31. The Hall–Kier alpha value is -3.17. The number of halogens is 5. The summed E-state index contributed by atoms with van der Waals surface area (Å²) in [6.45, 7) is 2.18. The fourth-order valence-corrected chi connectivity index (χ4v) is 4.43. The number of amides is 2. The van der Waals surface area contributed by atoms with Gasteiger partial charge in [-0.3, -0.25) is 4.98 Å². The maximum atomic E-state index is 14.7. The van der Waals surface area contributed by atoms with Crippen LogP contribution in [0.1, 0.15) is 22.4 Å². The molecule has 36 heavy (non-hydrogen) atoms. The van der Waals surface area contributed by atoms with Crippen molar-refractivity contribution in [3.05, 3.63) is 100 Å². The summed E-state index contributed by atoms with van der Waals surface area (Å²) in [4.78, 5) is 21.6. The normalized spacial score (nSPS) is 16.4. The Morgan fingerprint density at radius 2 is 1.67 bits per heavy atom. The summed E-state index contributed by atoms with van der Waals surface area (Å²) in [5, 5.41) is 3.26. The van der Waals surface area contributed by atoms with Crippen molar-refractivity contribution in [3.63, 3.8) is 0 Å². The van der Waals surface area contributed by atoms with E-state index >= 15 is 0 Å². The van der Waals surface area contributed by atoms with E-state index in [-0.39, 0.29) is 17.7 Å². The van der Waals surface area contributed by atoms with Gasteiger partial charge in [0.15, 0.2) is 0 Å². The highest BCUT2D eigenvalue weighted by Gasteiger charge is 2.41. The van der Waals surface area contributed by atoms with Crippen molar-refractivity contribution in [2.45, 2.75) is 18.1 Å². The number of carbonyl (C=O) groups excluding carboxylic acids is 1. The van der Waals surface area contributed by atoms with Gasteiger partial charge in [0.1, 0.15) is 11.4 Å². The zero-order valence-corrected chi connectivity index (χ0v) is 20.3. The molecule has 3 aromatic rings. The van der Waals surface area contributed by atoms with Gasteiger partial charge in [-0.15, -0.1) is 0 Å². The molecule has 5 nitrogen and oxygen atoms in total. The number of rotatable bonds is 5. The quantitative estimate of drug-likeness (QED) is 0.462. The Bertz CT molecular complexity index is 1200. The maximum absolute atomic E-state index is 14.7. The Kier molecular flexibility index (Phi) is 7.51. The van der Waals surface area contributed by atoms with Gasteiger partial charge < -0.3 is 15.1 Å². The van der Waals surface area contributed by atoms with Crippen LogP contribution in [-0.4, -0.2) is 54.0 Å². The van der Waals surface area contributed by atoms with Crippen LogP contribution >= 0.6 is 11.6 Å². The fraction of sp³-hybridized carbons (Fsp3) is 0.308. The predicted molar refractivity (Wildman–Crippen MR) is 129 cm³/mol. The van der Waals surface area contributed by atoms with Gasteiger partial charge in [-0.2, -0.15) is 13.2 Å². The number of hydrogen-bond donors (Lipinski definition) is 1. The van der Waals surface area contributed by atoms with E-state index < -0.39 is 29.1 Å². The molecule has 0 aliphatic carbocycles. The van der Waals surface area contributed by atoms with Gasteiger partial charge in [0.2, 0.25) is 0 Å². The van der Waals surface area contributed by atoms with Crippen LogP contribution in [0.25, 0.3) is 0 Å². The SMILES string of the molecule is CN1CCN(C(=O)N[C@@](Cc2ccccc2)(c2cc(F)cc(C(F)(F)F)c2)c2ccc(Cl)cn2)CC1. The first-order valence-corrected chi connectivity index (χ1v) is 11.7. The van der Waals surface area contributed by atoms with Crippen molar-refractivity contribution in [3.8, 4) is 0 Å². The minimum Gasteiger partial charge on any atom is -0.322 e. The van der Waals surface area contributed by atoms with Crippen molar-refractivity contribution < 1.29 is 22.4 Å². The molecule has 2 aromatic carbocycles. The molecule has 2 heterocycles. The topological polar surface area (TPSA) is 48.5 Å². The van der Waals surface area contributed by atoms with Crippen molar-refractivity contribution in [1.82, 2.24) is 20.1 Å². The molecule has 0 radical (unpaired) electrons. The molecule has 0 bridgehead atoms. The molecule has 1 fully saturated rings. The number of carbonyl (C=O) groups is 1. The molecule has 0 saturated carbocycles. The van der Waals surface area contributed by atoms with Crippen LogP contribution in [0.15, 0.2) is 66.9 Å². The number of nitrogens with one attached hydrogen (secondary N) is 1. The molecule has 1 aromatic heterocycles. The number of urea groups is 1. The zero-order valence-electron chi connectivity index (χ0n) is 19.5. The standard InChI is InChI=1S/C26H25ClF4N4O/c1-34-9-11-35(12-10-34)24(36)33-25(16-18-5-3-2-4-6-18,23-8-7-21(27)17-32-23)19-13-20(26(29,30)31)15-22(28)14-19/h2-8,13-15,17H,9-12,16H2,1H3,(H,33,36)/t25-/m0/s1. The second kappa shape index (κ2) is 10.4. The first kappa shape index (κ1) is 25.9. The van der Waals surface area contributed by atoms with E-state index in [2.05, 4.69) is 15.2 Å². The third-order valence-corrected chi connectivity index (χ3v) is 6.53. The average molecular weight is 521 g/mol. The summed E-state index contributed by atoms with van der Waals surface area (Å²) >= 11 is 6.05. The fourth-order valence-electron chi connectivity index (χ4n) is 4.32. The maximum Gasteiger partial charge on any atom is 0.416 e. The number of piperazine rings is 1. The Balaban J connectivity index is 1.90. The molecule has 1 N–H and O–H groups in total. The lowest BCUT2D eigenvalue weighted by atomic mass is 9.79. The molecule has 1 aliphatic rings. The summed E-state index contributed by atoms with van der Waals surface area (Å²) in [5.41, 5.74) is -1.90. The van der Waals surface area contributed by atoms with Crippen LogP contribution in [0.2, 0.25) is 5.02 Å². The lowest BCUT2D eigenvalue weighted by Crippen LogP contribution is -2.57. The van der Waals surface area contributed by atoms with Gasteiger partial charge in [-0.25, -0.2) is 9.18 Å². The predicted octanol–water partition coefficient (Wildman–Crippen LogP) is 5.34. The number of likely N-dealkylation sites (N-methyl/N-ethyl adjacent to an activating group) is 1. The van der Waals surface area contributed by atoms with Gasteiger partial charge >= 0.3 is 12.2 Å². The highest BCUT2D eigenvalue weighted by molar-refractivity contribution is 6.30. The number of aromatic nitrogens is 1. The average Bonchev–Trinajstić information content (AvgIpc) is 2.84. The van der Waals surface area contributed by atoms with Crippen LogP contribution in [0.4, 0.5) is 22.4 Å². The number of pyridine rings is 1. The van der Waals surface area contributed by atoms with Crippen LogP contribution in [-0.2, 0) is 18.1 Å². The summed E-state index contributed by atoms with van der Waals surface area (Å²) in [6, 6.07) is 13.9. The molecule has 1 saturated heterocycles. The van der Waals surface area contributed by atoms with Gasteiger partial charge in [0.05, 0.1) is 16.3 Å². The molecule has 190 valence electrons. The van der Waals surface area contributed by atoms with Crippen molar-refractivity contribution >= 4 is 17.6 Å². The van der Waals surface area contributed by atoms with E-state index in [9.17, 15) is 22.4 Å². The lowest BCUT2D eigenvalue weighted by molar-refractivity contribution is -0.137. The molecule has 0 spiro atoms. The zero-order chi connectivity index (χ0) is 25.9. The molecule has 1 atom stereocenters. The largest absolute Gasteiger partial charge is 0.416 e. The van der Waals surface area contributed by atoms with Crippen molar-refractivity contribution in [2.24, 2.45) is 0 Å². The van der Waals surface area contributed by atoms with Crippen LogP contribution in [0.5, 0.6) is 0 Å². The van der Waals surface area contributed by atoms with Crippen molar-refractivity contribution in [1.29, 1.82) is 0 Å². The van der Waals surface area contributed by atoms with E-state index in [4.69, 9.17) is 11.6 Å². The Labute approximate surface area is 211 Å². The van der Waals surface area contributed by atoms with E-state index in [1.807, 2.05) is 7.05 Å². The summed E-state index contributed by atoms with van der Waals surface area (Å²) in [6.07, 6.45) is -3.41. The van der Waals surface area contributed by atoms with E-state index in [1.54, 1.807) is 35.2 Å². The molecule has 4 rings (SSSR count). The van der Waals surface area contributed by atoms with E-state index in [0.29, 0.717) is 42.8 Å². The summed E-state index contributed by atoms with van der Waals surface area (Å²) < 4.78 is 55.8. The lowest BCUT2D eigenvalue weighted by Gasteiger charge is -2.39. The minimum atomic E-state index is -4.79. The Morgan fingerprint density at radius 1 is 1.00 bits per heavy atom. The number of benzene rings is 2. The van der Waals surface area contributed by atoms with Gasteiger partial charge in [0.25, 0.3) is 0 Å². The number of alkyl halides is 3. The third-order valence-electron chi connectivity index (χ3n) is 6.31. The molecule has 0 unspecified atom stereocenters. The van der Waals surface area contributed by atoms with Gasteiger partial charge in [0, 0.05) is 38.8 Å². The van der Waals surface area contributed by atoms with E-state index in [1.165, 1.54) is 18.3 Å². The minimum absolute atomic E-state index is 0.0305. The van der Waals surface area contributed by atoms with E-state index in [0.717, 1.165) is 12.1 Å². The molecular formula is C26H25ClF4N4O. The summed E-state index contributed by atoms with van der Waals surface area (Å²) in [7, 11) is 1.94. The molecule has 2 amide bonds. The van der Waals surface area contributed by atoms with Crippen molar-refractivity contribution in [2.75, 3.05) is 33.2 Å². The number of nitrogens with zero attached hydrogens (tertiary/aromatic N) is 3. The highest BCUT2D eigenvalue weighted by Crippen LogP contribution is 2.38.